The fraction of sp³-hybridized carbons (Fsp3) is 0.357. The smallest absolute Gasteiger partial charge is 0.137 e. The third-order valence-corrected chi connectivity index (χ3v) is 4.59. The highest BCUT2D eigenvalue weighted by atomic mass is 79.9. The Morgan fingerprint density at radius 1 is 1.50 bits per heavy atom. The summed E-state index contributed by atoms with van der Waals surface area (Å²) in [6.45, 7) is 3.19. The van der Waals surface area contributed by atoms with Crippen LogP contribution in [0.15, 0.2) is 28.1 Å². The molecule has 2 aromatic rings. The van der Waals surface area contributed by atoms with E-state index in [2.05, 4.69) is 31.2 Å². The molecule has 0 spiro atoms. The van der Waals surface area contributed by atoms with E-state index in [0.717, 1.165) is 22.8 Å². The minimum Gasteiger partial charge on any atom is -0.329 e. The summed E-state index contributed by atoms with van der Waals surface area (Å²) in [5.74, 6) is -0.262. The summed E-state index contributed by atoms with van der Waals surface area (Å²) in [6, 6.07) is 5.06. The van der Waals surface area contributed by atoms with E-state index in [1.807, 2.05) is 14.0 Å². The van der Waals surface area contributed by atoms with E-state index in [9.17, 15) is 4.39 Å². The van der Waals surface area contributed by atoms with Gasteiger partial charge in [-0.2, -0.15) is 0 Å². The summed E-state index contributed by atoms with van der Waals surface area (Å²) < 4.78 is 13.8. The highest BCUT2D eigenvalue weighted by molar-refractivity contribution is 9.10. The van der Waals surface area contributed by atoms with E-state index < -0.39 is 0 Å². The molecule has 0 aliphatic heterocycles. The van der Waals surface area contributed by atoms with Gasteiger partial charge in [0.25, 0.3) is 0 Å². The molecule has 2 N–H and O–H groups in total. The molecule has 0 fully saturated rings. The molecule has 0 bridgehead atoms. The van der Waals surface area contributed by atoms with Crippen LogP contribution in [0.2, 0.25) is 0 Å². The standard InChI is InChI=1S/C14H17BrFN3S/c1-9-18-11(8-20-9)7-19(2)14(6-17)10-3-4-13(16)12(15)5-10/h3-5,8,14H,6-7,17H2,1-2H3. The largest absolute Gasteiger partial charge is 0.329 e. The number of nitrogens with zero attached hydrogens (tertiary/aromatic N) is 2. The van der Waals surface area contributed by atoms with E-state index in [1.54, 1.807) is 23.5 Å². The van der Waals surface area contributed by atoms with E-state index in [0.29, 0.717) is 11.0 Å². The number of thiazole rings is 1. The van der Waals surface area contributed by atoms with Gasteiger partial charge in [-0.1, -0.05) is 6.07 Å². The molecule has 0 aliphatic rings. The number of benzene rings is 1. The molecule has 1 aromatic heterocycles. The van der Waals surface area contributed by atoms with Crippen LogP contribution >= 0.6 is 27.3 Å². The van der Waals surface area contributed by atoms with Crippen LogP contribution in [0.4, 0.5) is 4.39 Å². The first-order valence-corrected chi connectivity index (χ1v) is 7.94. The molecule has 1 atom stereocenters. The maximum atomic E-state index is 13.3. The summed E-state index contributed by atoms with van der Waals surface area (Å²) in [6.07, 6.45) is 0. The predicted molar refractivity (Wildman–Crippen MR) is 84.2 cm³/mol. The zero-order valence-electron chi connectivity index (χ0n) is 11.4. The summed E-state index contributed by atoms with van der Waals surface area (Å²) in [5.41, 5.74) is 7.92. The molecule has 1 unspecified atom stereocenters. The van der Waals surface area contributed by atoms with Crippen molar-refractivity contribution in [2.75, 3.05) is 13.6 Å². The lowest BCUT2D eigenvalue weighted by Gasteiger charge is -2.27. The Bertz CT molecular complexity index is 588. The molecule has 0 amide bonds. The Morgan fingerprint density at radius 3 is 2.80 bits per heavy atom. The molecule has 108 valence electrons. The van der Waals surface area contributed by atoms with Crippen molar-refractivity contribution in [1.29, 1.82) is 0 Å². The van der Waals surface area contributed by atoms with Crippen molar-refractivity contribution in [2.45, 2.75) is 19.5 Å². The van der Waals surface area contributed by atoms with Gasteiger partial charge in [-0.15, -0.1) is 11.3 Å². The minimum absolute atomic E-state index is 0.0360. The number of aromatic nitrogens is 1. The lowest BCUT2D eigenvalue weighted by molar-refractivity contribution is 0.239. The molecule has 3 nitrogen and oxygen atoms in total. The molecule has 0 aliphatic carbocycles. The van der Waals surface area contributed by atoms with Crippen LogP contribution in [0.5, 0.6) is 0 Å². The van der Waals surface area contributed by atoms with Gasteiger partial charge < -0.3 is 5.73 Å². The first-order valence-electron chi connectivity index (χ1n) is 6.27. The molecular formula is C14H17BrFN3S. The summed E-state index contributed by atoms with van der Waals surface area (Å²) in [4.78, 5) is 6.59. The molecular weight excluding hydrogens is 341 g/mol. The highest BCUT2D eigenvalue weighted by Gasteiger charge is 2.17. The number of hydrogen-bond donors (Lipinski definition) is 1. The van der Waals surface area contributed by atoms with Gasteiger partial charge >= 0.3 is 0 Å². The molecule has 20 heavy (non-hydrogen) atoms. The van der Waals surface area contributed by atoms with Crippen molar-refractivity contribution in [3.05, 3.63) is 50.1 Å². The number of likely N-dealkylation sites (N-methyl/N-ethyl adjacent to an activating group) is 1. The van der Waals surface area contributed by atoms with Crippen molar-refractivity contribution in [2.24, 2.45) is 5.73 Å². The Labute approximate surface area is 130 Å². The minimum atomic E-state index is -0.262. The number of nitrogens with two attached hydrogens (primary N) is 1. The first kappa shape index (κ1) is 15.6. The zero-order valence-corrected chi connectivity index (χ0v) is 13.8. The highest BCUT2D eigenvalue weighted by Crippen LogP contribution is 2.25. The van der Waals surface area contributed by atoms with E-state index in [1.165, 1.54) is 6.07 Å². The van der Waals surface area contributed by atoms with Gasteiger partial charge in [0.15, 0.2) is 0 Å². The third-order valence-electron chi connectivity index (χ3n) is 3.16. The van der Waals surface area contributed by atoms with Gasteiger partial charge in [0, 0.05) is 24.5 Å². The van der Waals surface area contributed by atoms with Crippen molar-refractivity contribution in [1.82, 2.24) is 9.88 Å². The normalized spacial score (nSPS) is 12.9. The van der Waals surface area contributed by atoms with Crippen molar-refractivity contribution in [3.63, 3.8) is 0 Å². The topological polar surface area (TPSA) is 42.2 Å². The first-order chi connectivity index (χ1) is 9.51. The van der Waals surface area contributed by atoms with Crippen molar-refractivity contribution < 1.29 is 4.39 Å². The SMILES string of the molecule is Cc1nc(CN(C)C(CN)c2ccc(F)c(Br)c2)cs1. The molecule has 0 saturated heterocycles. The van der Waals surface area contributed by atoms with Gasteiger partial charge in [0.1, 0.15) is 5.82 Å². The van der Waals surface area contributed by atoms with E-state index >= 15 is 0 Å². The summed E-state index contributed by atoms with van der Waals surface area (Å²) >= 11 is 4.86. The van der Waals surface area contributed by atoms with E-state index in [-0.39, 0.29) is 11.9 Å². The number of aryl methyl sites for hydroxylation is 1. The van der Waals surface area contributed by atoms with Gasteiger partial charge in [-0.3, -0.25) is 4.90 Å². The lowest BCUT2D eigenvalue weighted by Crippen LogP contribution is -2.30. The van der Waals surface area contributed by atoms with Crippen LogP contribution in [0, 0.1) is 12.7 Å². The fourth-order valence-electron chi connectivity index (χ4n) is 2.14. The Balaban J connectivity index is 2.16. The number of rotatable bonds is 5. The van der Waals surface area contributed by atoms with Gasteiger partial charge in [0.2, 0.25) is 0 Å². The second-order valence-corrected chi connectivity index (χ2v) is 6.61. The van der Waals surface area contributed by atoms with Crippen LogP contribution in [0.25, 0.3) is 0 Å². The fourth-order valence-corrected chi connectivity index (χ4v) is 3.14. The Kier molecular flexibility index (Phi) is 5.26. The lowest BCUT2D eigenvalue weighted by atomic mass is 10.1. The third kappa shape index (κ3) is 3.63. The molecule has 1 heterocycles. The summed E-state index contributed by atoms with van der Waals surface area (Å²) in [7, 11) is 2.00. The average Bonchev–Trinajstić information content (AvgIpc) is 2.80. The second kappa shape index (κ2) is 6.76. The van der Waals surface area contributed by atoms with Gasteiger partial charge in [-0.25, -0.2) is 9.37 Å². The Hall–Kier alpha value is -0.820. The maximum Gasteiger partial charge on any atom is 0.137 e. The number of hydrogen-bond acceptors (Lipinski definition) is 4. The zero-order chi connectivity index (χ0) is 14.7. The maximum absolute atomic E-state index is 13.3. The van der Waals surface area contributed by atoms with Crippen LogP contribution in [-0.4, -0.2) is 23.5 Å². The molecule has 2 rings (SSSR count). The second-order valence-electron chi connectivity index (χ2n) is 4.70. The monoisotopic (exact) mass is 357 g/mol. The van der Waals surface area contributed by atoms with E-state index in [4.69, 9.17) is 5.73 Å². The Morgan fingerprint density at radius 2 is 2.25 bits per heavy atom. The van der Waals surface area contributed by atoms with Crippen LogP contribution in [-0.2, 0) is 6.54 Å². The van der Waals surface area contributed by atoms with Gasteiger partial charge in [-0.05, 0) is 47.6 Å². The van der Waals surface area contributed by atoms with Crippen molar-refractivity contribution in [3.8, 4) is 0 Å². The molecule has 6 heteroatoms. The van der Waals surface area contributed by atoms with Crippen LogP contribution < -0.4 is 5.73 Å². The van der Waals surface area contributed by atoms with Crippen LogP contribution in [0.1, 0.15) is 22.3 Å². The van der Waals surface area contributed by atoms with Crippen molar-refractivity contribution >= 4 is 27.3 Å². The predicted octanol–water partition coefficient (Wildman–Crippen LogP) is 3.48. The summed E-state index contributed by atoms with van der Waals surface area (Å²) in [5, 5.41) is 3.11. The molecule has 0 saturated carbocycles. The molecule has 1 aromatic carbocycles. The molecule has 0 radical (unpaired) electrons. The quantitative estimate of drug-likeness (QED) is 0.890. The average molecular weight is 358 g/mol. The van der Waals surface area contributed by atoms with Gasteiger partial charge in [0.05, 0.1) is 15.2 Å². The van der Waals surface area contributed by atoms with Crippen LogP contribution in [0.3, 0.4) is 0 Å². The number of halogens is 2.